The molecule has 0 spiro atoms. The zero-order valence-electron chi connectivity index (χ0n) is 9.59. The molecule has 0 aliphatic heterocycles. The Kier molecular flexibility index (Phi) is 2.25. The Hall–Kier alpha value is -1.64. The topological polar surface area (TPSA) is 0 Å². The van der Waals surface area contributed by atoms with Gasteiger partial charge >= 0.3 is 0 Å². The molecular weight excluding hydrogens is 256 g/mol. The molecule has 2 aromatic carbocycles. The van der Waals surface area contributed by atoms with E-state index in [2.05, 4.69) is 59.3 Å². The summed E-state index contributed by atoms with van der Waals surface area (Å²) in [5.74, 6) is 0. The summed E-state index contributed by atoms with van der Waals surface area (Å²) in [5, 5.41) is 6.97. The maximum atomic E-state index is 2.28. The normalized spacial score (nSPS) is 11.3. The van der Waals surface area contributed by atoms with Crippen molar-refractivity contribution in [2.24, 2.45) is 0 Å². The van der Waals surface area contributed by atoms with Crippen LogP contribution >= 0.6 is 22.7 Å². The lowest BCUT2D eigenvalue weighted by Crippen LogP contribution is -1.76. The van der Waals surface area contributed by atoms with Gasteiger partial charge in [-0.15, -0.1) is 22.7 Å². The third kappa shape index (κ3) is 1.57. The Balaban J connectivity index is 1.93. The molecular formula is C16H10S2. The standard InChI is InChI=1S/C16H10S2/c1-3-15-13(5-7-17-15)9-11(1)12-2-4-16-14(10-12)6-8-18-16/h1-10H. The van der Waals surface area contributed by atoms with E-state index >= 15 is 0 Å². The van der Waals surface area contributed by atoms with E-state index < -0.39 is 0 Å². The Morgan fingerprint density at radius 1 is 0.556 bits per heavy atom. The molecule has 2 heterocycles. The quantitative estimate of drug-likeness (QED) is 0.409. The van der Waals surface area contributed by atoms with Gasteiger partial charge in [0.15, 0.2) is 0 Å². The molecule has 86 valence electrons. The van der Waals surface area contributed by atoms with Gasteiger partial charge in [-0.25, -0.2) is 0 Å². The van der Waals surface area contributed by atoms with Crippen LogP contribution in [-0.4, -0.2) is 0 Å². The van der Waals surface area contributed by atoms with Gasteiger partial charge in [0.1, 0.15) is 0 Å². The summed E-state index contributed by atoms with van der Waals surface area (Å²) in [6.45, 7) is 0. The molecule has 0 aliphatic rings. The van der Waals surface area contributed by atoms with Crippen LogP contribution in [0.1, 0.15) is 0 Å². The largest absolute Gasteiger partial charge is 0.144 e. The van der Waals surface area contributed by atoms with E-state index in [0.29, 0.717) is 0 Å². The molecule has 0 N–H and O–H groups in total. The first kappa shape index (κ1) is 10.3. The Bertz CT molecular complexity index is 764. The Labute approximate surface area is 113 Å². The van der Waals surface area contributed by atoms with Gasteiger partial charge in [0.2, 0.25) is 0 Å². The first-order valence-electron chi connectivity index (χ1n) is 5.85. The molecule has 0 unspecified atom stereocenters. The number of fused-ring (bicyclic) bond motifs is 2. The molecule has 0 fully saturated rings. The predicted molar refractivity (Wildman–Crippen MR) is 82.6 cm³/mol. The fourth-order valence-electron chi connectivity index (χ4n) is 2.29. The molecule has 0 saturated heterocycles. The van der Waals surface area contributed by atoms with E-state index in [0.717, 1.165) is 0 Å². The summed E-state index contributed by atoms with van der Waals surface area (Å²) in [5.41, 5.74) is 2.60. The maximum absolute atomic E-state index is 2.28. The second-order valence-electron chi connectivity index (χ2n) is 4.35. The molecule has 2 heteroatoms. The van der Waals surface area contributed by atoms with Crippen LogP contribution in [0.25, 0.3) is 31.3 Å². The first-order chi connectivity index (χ1) is 8.90. The molecule has 0 nitrogen and oxygen atoms in total. The van der Waals surface area contributed by atoms with Crippen LogP contribution in [0.5, 0.6) is 0 Å². The molecule has 0 radical (unpaired) electrons. The highest BCUT2D eigenvalue weighted by atomic mass is 32.1. The third-order valence-electron chi connectivity index (χ3n) is 3.24. The second-order valence-corrected chi connectivity index (χ2v) is 6.24. The van der Waals surface area contributed by atoms with Crippen LogP contribution in [0.2, 0.25) is 0 Å². The summed E-state index contributed by atoms with van der Waals surface area (Å²) in [6, 6.07) is 17.8. The Morgan fingerprint density at radius 3 is 1.56 bits per heavy atom. The van der Waals surface area contributed by atoms with Crippen molar-refractivity contribution in [2.75, 3.05) is 0 Å². The predicted octanol–water partition coefficient (Wildman–Crippen LogP) is 5.78. The van der Waals surface area contributed by atoms with Crippen molar-refractivity contribution >= 4 is 42.8 Å². The van der Waals surface area contributed by atoms with Crippen LogP contribution < -0.4 is 0 Å². The van der Waals surface area contributed by atoms with E-state index in [1.807, 2.05) is 0 Å². The van der Waals surface area contributed by atoms with E-state index in [4.69, 9.17) is 0 Å². The lowest BCUT2D eigenvalue weighted by atomic mass is 10.0. The molecule has 2 aromatic heterocycles. The summed E-state index contributed by atoms with van der Waals surface area (Å²) < 4.78 is 2.71. The molecule has 0 atom stereocenters. The SMILES string of the molecule is c1cc2cc(-c3ccc4sccc4c3)ccc2s1. The smallest absolute Gasteiger partial charge is 0.0343 e. The van der Waals surface area contributed by atoms with Gasteiger partial charge in [-0.2, -0.15) is 0 Å². The van der Waals surface area contributed by atoms with Crippen molar-refractivity contribution in [3.8, 4) is 11.1 Å². The minimum Gasteiger partial charge on any atom is -0.144 e. The van der Waals surface area contributed by atoms with Crippen LogP contribution in [0.4, 0.5) is 0 Å². The van der Waals surface area contributed by atoms with Gasteiger partial charge in [-0.1, -0.05) is 12.1 Å². The number of hydrogen-bond donors (Lipinski definition) is 0. The van der Waals surface area contributed by atoms with E-state index in [9.17, 15) is 0 Å². The zero-order chi connectivity index (χ0) is 11.9. The minimum atomic E-state index is 1.30. The van der Waals surface area contributed by atoms with Crippen LogP contribution in [-0.2, 0) is 0 Å². The monoisotopic (exact) mass is 266 g/mol. The van der Waals surface area contributed by atoms with Crippen molar-refractivity contribution in [3.63, 3.8) is 0 Å². The fraction of sp³-hybridized carbons (Fsp3) is 0. The molecule has 0 amide bonds. The number of benzene rings is 2. The van der Waals surface area contributed by atoms with Crippen molar-refractivity contribution in [2.45, 2.75) is 0 Å². The fourth-order valence-corrected chi connectivity index (χ4v) is 3.83. The summed E-state index contributed by atoms with van der Waals surface area (Å²) in [7, 11) is 0. The van der Waals surface area contributed by atoms with Crippen LogP contribution in [0.15, 0.2) is 59.3 Å². The summed E-state index contributed by atoms with van der Waals surface area (Å²) >= 11 is 3.59. The number of thiophene rings is 2. The Morgan fingerprint density at radius 2 is 1.06 bits per heavy atom. The van der Waals surface area contributed by atoms with Crippen LogP contribution in [0, 0.1) is 0 Å². The summed E-state index contributed by atoms with van der Waals surface area (Å²) in [6.07, 6.45) is 0. The van der Waals surface area contributed by atoms with Gasteiger partial charge in [-0.3, -0.25) is 0 Å². The number of rotatable bonds is 1. The average molecular weight is 266 g/mol. The first-order valence-corrected chi connectivity index (χ1v) is 7.61. The van der Waals surface area contributed by atoms with Crippen molar-refractivity contribution in [1.82, 2.24) is 0 Å². The van der Waals surface area contributed by atoms with Crippen molar-refractivity contribution < 1.29 is 0 Å². The molecule has 0 bridgehead atoms. The van der Waals surface area contributed by atoms with Gasteiger partial charge < -0.3 is 0 Å². The second kappa shape index (κ2) is 3.94. The molecule has 4 aromatic rings. The molecule has 0 saturated carbocycles. The molecule has 0 aliphatic carbocycles. The molecule has 18 heavy (non-hydrogen) atoms. The third-order valence-corrected chi connectivity index (χ3v) is 5.03. The average Bonchev–Trinajstić information content (AvgIpc) is 3.05. The maximum Gasteiger partial charge on any atom is 0.0343 e. The summed E-state index contributed by atoms with van der Waals surface area (Å²) in [4.78, 5) is 0. The lowest BCUT2D eigenvalue weighted by Gasteiger charge is -2.02. The highest BCUT2D eigenvalue weighted by molar-refractivity contribution is 7.17. The lowest BCUT2D eigenvalue weighted by molar-refractivity contribution is 1.72. The minimum absolute atomic E-state index is 1.30. The van der Waals surface area contributed by atoms with Gasteiger partial charge in [-0.05, 0) is 69.1 Å². The van der Waals surface area contributed by atoms with E-state index in [1.54, 1.807) is 22.7 Å². The highest BCUT2D eigenvalue weighted by Crippen LogP contribution is 2.30. The highest BCUT2D eigenvalue weighted by Gasteiger charge is 2.02. The number of hydrogen-bond acceptors (Lipinski definition) is 2. The zero-order valence-corrected chi connectivity index (χ0v) is 11.2. The van der Waals surface area contributed by atoms with Gasteiger partial charge in [0.05, 0.1) is 0 Å². The van der Waals surface area contributed by atoms with Gasteiger partial charge in [0, 0.05) is 9.40 Å². The van der Waals surface area contributed by atoms with Gasteiger partial charge in [0.25, 0.3) is 0 Å². The van der Waals surface area contributed by atoms with E-state index in [1.165, 1.54) is 31.3 Å². The van der Waals surface area contributed by atoms with Crippen LogP contribution in [0.3, 0.4) is 0 Å². The van der Waals surface area contributed by atoms with Crippen molar-refractivity contribution in [3.05, 3.63) is 59.3 Å². The van der Waals surface area contributed by atoms with E-state index in [-0.39, 0.29) is 0 Å². The molecule has 4 rings (SSSR count). The van der Waals surface area contributed by atoms with Crippen molar-refractivity contribution in [1.29, 1.82) is 0 Å².